The average Bonchev–Trinajstić information content (AvgIpc) is 2.53. The van der Waals surface area contributed by atoms with E-state index in [0.717, 1.165) is 5.56 Å². The fraction of sp³-hybridized carbons (Fsp3) is 0.500. The van der Waals surface area contributed by atoms with Crippen molar-refractivity contribution < 1.29 is 14.0 Å². The number of amides is 2. The van der Waals surface area contributed by atoms with Gasteiger partial charge in [-0.05, 0) is 5.56 Å². The van der Waals surface area contributed by atoms with E-state index in [4.69, 9.17) is 0 Å². The molecule has 0 aliphatic carbocycles. The smallest absolute Gasteiger partial charge is 0.258 e. The molecule has 1 saturated heterocycles. The van der Waals surface area contributed by atoms with E-state index < -0.39 is 11.6 Å². The van der Waals surface area contributed by atoms with Crippen LogP contribution in [0.15, 0.2) is 30.3 Å². The van der Waals surface area contributed by atoms with Gasteiger partial charge in [0, 0.05) is 38.9 Å². The maximum Gasteiger partial charge on any atom is 0.258 e. The van der Waals surface area contributed by atoms with Gasteiger partial charge in [0.25, 0.3) is 5.91 Å². The molecule has 2 amide bonds. The van der Waals surface area contributed by atoms with Gasteiger partial charge in [0.05, 0.1) is 0 Å². The first-order valence-corrected chi connectivity index (χ1v) is 7.34. The second-order valence-corrected chi connectivity index (χ2v) is 5.37. The number of piperidine rings is 1. The summed E-state index contributed by atoms with van der Waals surface area (Å²) in [5.74, 6) is -0.559. The van der Waals surface area contributed by atoms with E-state index in [1.165, 1.54) is 0 Å². The van der Waals surface area contributed by atoms with Gasteiger partial charge in [-0.1, -0.05) is 37.3 Å². The molecule has 4 nitrogen and oxygen atoms in total. The fourth-order valence-corrected chi connectivity index (χ4v) is 2.50. The van der Waals surface area contributed by atoms with Crippen LogP contribution in [0.3, 0.4) is 0 Å². The molecule has 0 radical (unpaired) electrons. The maximum absolute atomic E-state index is 14.7. The van der Waals surface area contributed by atoms with Crippen LogP contribution < -0.4 is 5.32 Å². The molecule has 0 unspecified atom stereocenters. The van der Waals surface area contributed by atoms with Gasteiger partial charge in [-0.2, -0.15) is 0 Å². The molecule has 0 bridgehead atoms. The summed E-state index contributed by atoms with van der Waals surface area (Å²) in [6.07, 6.45) is 0.554. The third-order valence-electron chi connectivity index (χ3n) is 3.91. The van der Waals surface area contributed by atoms with Crippen molar-refractivity contribution in [1.82, 2.24) is 10.2 Å². The Kier molecular flexibility index (Phi) is 4.94. The minimum absolute atomic E-state index is 0.0155. The van der Waals surface area contributed by atoms with Gasteiger partial charge < -0.3 is 10.2 Å². The Hall–Kier alpha value is -1.91. The van der Waals surface area contributed by atoms with Crippen LogP contribution in [0.1, 0.15) is 31.7 Å². The van der Waals surface area contributed by atoms with E-state index in [-0.39, 0.29) is 18.7 Å². The standard InChI is InChI=1S/C16H21FN2O2/c1-2-14(20)19-10-8-16(17,9-11-19)15(21)18-12-13-6-4-3-5-7-13/h3-7H,2,8-12H2,1H3,(H,18,21). The average molecular weight is 292 g/mol. The molecule has 0 aromatic heterocycles. The Morgan fingerprint density at radius 2 is 1.86 bits per heavy atom. The summed E-state index contributed by atoms with van der Waals surface area (Å²) in [7, 11) is 0. The summed E-state index contributed by atoms with van der Waals surface area (Å²) in [5.41, 5.74) is -0.924. The van der Waals surface area contributed by atoms with Crippen LogP contribution in [0.4, 0.5) is 4.39 Å². The minimum Gasteiger partial charge on any atom is -0.349 e. The molecule has 2 rings (SSSR count). The highest BCUT2D eigenvalue weighted by molar-refractivity contribution is 5.85. The molecule has 0 spiro atoms. The molecular formula is C16H21FN2O2. The molecule has 1 aromatic rings. The lowest BCUT2D eigenvalue weighted by Crippen LogP contribution is -2.52. The van der Waals surface area contributed by atoms with Crippen LogP contribution >= 0.6 is 0 Å². The third-order valence-corrected chi connectivity index (χ3v) is 3.91. The second-order valence-electron chi connectivity index (χ2n) is 5.37. The summed E-state index contributed by atoms with van der Waals surface area (Å²) in [6.45, 7) is 2.72. The first-order valence-electron chi connectivity index (χ1n) is 7.34. The summed E-state index contributed by atoms with van der Waals surface area (Å²) >= 11 is 0. The summed E-state index contributed by atoms with van der Waals surface area (Å²) < 4.78 is 14.7. The highest BCUT2D eigenvalue weighted by atomic mass is 19.1. The molecule has 114 valence electrons. The summed E-state index contributed by atoms with van der Waals surface area (Å²) in [5, 5.41) is 2.65. The van der Waals surface area contributed by atoms with E-state index in [1.807, 2.05) is 30.3 Å². The number of alkyl halides is 1. The lowest BCUT2D eigenvalue weighted by atomic mass is 9.92. The molecule has 0 atom stereocenters. The highest BCUT2D eigenvalue weighted by Crippen LogP contribution is 2.27. The number of carbonyl (C=O) groups excluding carboxylic acids is 2. The van der Waals surface area contributed by atoms with Gasteiger partial charge in [-0.15, -0.1) is 0 Å². The van der Waals surface area contributed by atoms with Crippen LogP contribution in [-0.4, -0.2) is 35.5 Å². The molecule has 1 fully saturated rings. The maximum atomic E-state index is 14.7. The largest absolute Gasteiger partial charge is 0.349 e. The Morgan fingerprint density at radius 3 is 2.43 bits per heavy atom. The summed E-state index contributed by atoms with van der Waals surface area (Å²) in [4.78, 5) is 25.2. The minimum atomic E-state index is -1.86. The molecule has 1 heterocycles. The molecule has 0 saturated carbocycles. The van der Waals surface area contributed by atoms with Crippen LogP contribution in [0, 0.1) is 0 Å². The SMILES string of the molecule is CCC(=O)N1CCC(F)(C(=O)NCc2ccccc2)CC1. The zero-order chi connectivity index (χ0) is 15.3. The van der Waals surface area contributed by atoms with Gasteiger partial charge in [-0.3, -0.25) is 9.59 Å². The first kappa shape index (κ1) is 15.5. The number of nitrogens with one attached hydrogen (secondary N) is 1. The van der Waals surface area contributed by atoms with Crippen molar-refractivity contribution in [2.24, 2.45) is 0 Å². The predicted octanol–water partition coefficient (Wildman–Crippen LogP) is 2.04. The Labute approximate surface area is 124 Å². The quantitative estimate of drug-likeness (QED) is 0.923. The molecule has 1 aromatic carbocycles. The summed E-state index contributed by atoms with van der Waals surface area (Å²) in [6, 6.07) is 9.41. The number of hydrogen-bond acceptors (Lipinski definition) is 2. The number of rotatable bonds is 4. The first-order chi connectivity index (χ1) is 10.0. The number of carbonyl (C=O) groups is 2. The van der Waals surface area contributed by atoms with E-state index in [9.17, 15) is 14.0 Å². The zero-order valence-electron chi connectivity index (χ0n) is 12.3. The van der Waals surface area contributed by atoms with E-state index >= 15 is 0 Å². The lowest BCUT2D eigenvalue weighted by molar-refractivity contribution is -0.142. The van der Waals surface area contributed by atoms with Gasteiger partial charge in [-0.25, -0.2) is 4.39 Å². The zero-order valence-corrected chi connectivity index (χ0v) is 12.3. The molecule has 21 heavy (non-hydrogen) atoms. The number of benzene rings is 1. The van der Waals surface area contributed by atoms with Crippen molar-refractivity contribution in [1.29, 1.82) is 0 Å². The van der Waals surface area contributed by atoms with Crippen LogP contribution in [0.5, 0.6) is 0 Å². The monoisotopic (exact) mass is 292 g/mol. The Balaban J connectivity index is 1.86. The molecular weight excluding hydrogens is 271 g/mol. The van der Waals surface area contributed by atoms with E-state index in [1.54, 1.807) is 11.8 Å². The lowest BCUT2D eigenvalue weighted by Gasteiger charge is -2.35. The number of likely N-dealkylation sites (tertiary alicyclic amines) is 1. The van der Waals surface area contributed by atoms with Crippen molar-refractivity contribution in [2.75, 3.05) is 13.1 Å². The molecule has 1 aliphatic rings. The van der Waals surface area contributed by atoms with Crippen molar-refractivity contribution in [3.05, 3.63) is 35.9 Å². The fourth-order valence-electron chi connectivity index (χ4n) is 2.50. The van der Waals surface area contributed by atoms with Crippen LogP contribution in [0.25, 0.3) is 0 Å². The third kappa shape index (κ3) is 3.80. The molecule has 1 aliphatic heterocycles. The van der Waals surface area contributed by atoms with Gasteiger partial charge in [0.2, 0.25) is 5.91 Å². The Bertz CT molecular complexity index is 496. The van der Waals surface area contributed by atoms with E-state index in [0.29, 0.717) is 26.1 Å². The number of hydrogen-bond donors (Lipinski definition) is 1. The normalized spacial score (nSPS) is 17.3. The Morgan fingerprint density at radius 1 is 1.24 bits per heavy atom. The molecule has 1 N–H and O–H groups in total. The molecule has 5 heteroatoms. The van der Waals surface area contributed by atoms with Crippen molar-refractivity contribution >= 4 is 11.8 Å². The van der Waals surface area contributed by atoms with Gasteiger partial charge in [0.1, 0.15) is 0 Å². The van der Waals surface area contributed by atoms with Crippen LogP contribution in [-0.2, 0) is 16.1 Å². The second kappa shape index (κ2) is 6.70. The highest BCUT2D eigenvalue weighted by Gasteiger charge is 2.42. The topological polar surface area (TPSA) is 49.4 Å². The van der Waals surface area contributed by atoms with Crippen molar-refractivity contribution in [2.45, 2.75) is 38.4 Å². The van der Waals surface area contributed by atoms with Crippen molar-refractivity contribution in [3.8, 4) is 0 Å². The predicted molar refractivity (Wildman–Crippen MR) is 78.2 cm³/mol. The van der Waals surface area contributed by atoms with Gasteiger partial charge in [0.15, 0.2) is 5.67 Å². The van der Waals surface area contributed by atoms with E-state index in [2.05, 4.69) is 5.32 Å². The number of nitrogens with zero attached hydrogens (tertiary/aromatic N) is 1. The van der Waals surface area contributed by atoms with Crippen LogP contribution in [0.2, 0.25) is 0 Å². The van der Waals surface area contributed by atoms with Crippen molar-refractivity contribution in [3.63, 3.8) is 0 Å². The van der Waals surface area contributed by atoms with Gasteiger partial charge >= 0.3 is 0 Å². The number of halogens is 1.